The molecule has 0 saturated heterocycles. The number of nitrogens with two attached hydrogens (primary N) is 1. The minimum Gasteiger partial charge on any atom is -0.397 e. The second kappa shape index (κ2) is 5.26. The van der Waals surface area contributed by atoms with E-state index in [2.05, 4.69) is 4.98 Å². The molecule has 0 aliphatic rings. The van der Waals surface area contributed by atoms with Crippen molar-refractivity contribution in [3.8, 4) is 17.3 Å². The molecule has 0 saturated carbocycles. The maximum Gasteiger partial charge on any atom is 0.0964 e. The van der Waals surface area contributed by atoms with Gasteiger partial charge in [-0.05, 0) is 24.3 Å². The van der Waals surface area contributed by atoms with Crippen molar-refractivity contribution in [3.05, 3.63) is 46.1 Å². The highest BCUT2D eigenvalue weighted by Crippen LogP contribution is 2.36. The third kappa shape index (κ3) is 2.40. The first-order chi connectivity index (χ1) is 8.63. The van der Waals surface area contributed by atoms with Gasteiger partial charge in [0.25, 0.3) is 0 Å². The van der Waals surface area contributed by atoms with Crippen LogP contribution >= 0.6 is 23.2 Å². The van der Waals surface area contributed by atoms with Crippen molar-refractivity contribution in [2.45, 2.75) is 6.42 Å². The number of hydrogen-bond acceptors (Lipinski definition) is 3. The van der Waals surface area contributed by atoms with E-state index in [0.717, 1.165) is 0 Å². The Morgan fingerprint density at radius 2 is 1.83 bits per heavy atom. The van der Waals surface area contributed by atoms with Crippen molar-refractivity contribution >= 4 is 28.9 Å². The third-order valence-electron chi connectivity index (χ3n) is 2.44. The number of nitrogens with zero attached hydrogens (tertiary/aromatic N) is 2. The Balaban J connectivity index is 2.63. The Bertz CT molecular complexity index is 612. The molecule has 0 radical (unpaired) electrons. The summed E-state index contributed by atoms with van der Waals surface area (Å²) >= 11 is 12.2. The molecule has 1 aromatic carbocycles. The molecule has 18 heavy (non-hydrogen) atoms. The lowest BCUT2D eigenvalue weighted by Gasteiger charge is -2.10. The lowest BCUT2D eigenvalue weighted by Crippen LogP contribution is -1.98. The van der Waals surface area contributed by atoms with Crippen LogP contribution in [-0.2, 0) is 6.42 Å². The second-order valence-corrected chi connectivity index (χ2v) is 4.49. The summed E-state index contributed by atoms with van der Waals surface area (Å²) in [6.07, 6.45) is 0.218. The number of benzene rings is 1. The summed E-state index contributed by atoms with van der Waals surface area (Å²) in [6.45, 7) is 0. The van der Waals surface area contributed by atoms with Gasteiger partial charge in [-0.3, -0.25) is 0 Å². The maximum atomic E-state index is 8.69. The zero-order chi connectivity index (χ0) is 13.1. The minimum atomic E-state index is 0.218. The quantitative estimate of drug-likeness (QED) is 0.910. The first kappa shape index (κ1) is 12.7. The predicted octanol–water partition coefficient (Wildman–Crippen LogP) is 3.70. The molecule has 0 spiro atoms. The van der Waals surface area contributed by atoms with E-state index in [1.54, 1.807) is 30.3 Å². The van der Waals surface area contributed by atoms with Crippen molar-refractivity contribution in [2.75, 3.05) is 5.73 Å². The first-order valence-corrected chi connectivity index (χ1v) is 5.96. The molecular formula is C13H9Cl2N3. The van der Waals surface area contributed by atoms with Crippen LogP contribution in [0.4, 0.5) is 5.69 Å². The number of hydrogen-bond donors (Lipinski definition) is 1. The van der Waals surface area contributed by atoms with Gasteiger partial charge in [0.15, 0.2) is 0 Å². The Kier molecular flexibility index (Phi) is 3.71. The largest absolute Gasteiger partial charge is 0.397 e. The minimum absolute atomic E-state index is 0.218. The fourth-order valence-corrected chi connectivity index (χ4v) is 2.19. The summed E-state index contributed by atoms with van der Waals surface area (Å²) in [7, 11) is 0. The lowest BCUT2D eigenvalue weighted by atomic mass is 10.1. The molecule has 90 valence electrons. The monoisotopic (exact) mass is 277 g/mol. The molecule has 0 aliphatic carbocycles. The molecular weight excluding hydrogens is 269 g/mol. The van der Waals surface area contributed by atoms with E-state index in [1.165, 1.54) is 0 Å². The van der Waals surface area contributed by atoms with E-state index in [4.69, 9.17) is 34.2 Å². The standard InChI is InChI=1S/C13H9Cl2N3/c14-9-2-1-3-10(15)12(9)13-11(17)5-4-8(18-13)6-7-16/h1-5H,6,17H2. The number of anilines is 1. The molecule has 2 rings (SSSR count). The topological polar surface area (TPSA) is 62.7 Å². The van der Waals surface area contributed by atoms with Gasteiger partial charge >= 0.3 is 0 Å². The molecule has 1 heterocycles. The van der Waals surface area contributed by atoms with Crippen LogP contribution in [0.5, 0.6) is 0 Å². The van der Waals surface area contributed by atoms with Gasteiger partial charge < -0.3 is 5.73 Å². The number of halogens is 2. The van der Waals surface area contributed by atoms with Gasteiger partial charge in [-0.2, -0.15) is 5.26 Å². The number of pyridine rings is 1. The highest BCUT2D eigenvalue weighted by Gasteiger charge is 2.13. The first-order valence-electron chi connectivity index (χ1n) is 5.20. The number of aromatic nitrogens is 1. The van der Waals surface area contributed by atoms with E-state index < -0.39 is 0 Å². The van der Waals surface area contributed by atoms with Gasteiger partial charge in [-0.1, -0.05) is 29.3 Å². The molecule has 5 heteroatoms. The molecule has 0 unspecified atom stereocenters. The van der Waals surface area contributed by atoms with Crippen LogP contribution in [0.2, 0.25) is 10.0 Å². The normalized spacial score (nSPS) is 10.1. The average Bonchev–Trinajstić information content (AvgIpc) is 2.33. The van der Waals surface area contributed by atoms with E-state index in [0.29, 0.717) is 32.7 Å². The summed E-state index contributed by atoms with van der Waals surface area (Å²) in [4.78, 5) is 4.34. The van der Waals surface area contributed by atoms with Crippen molar-refractivity contribution in [2.24, 2.45) is 0 Å². The van der Waals surface area contributed by atoms with Crippen molar-refractivity contribution in [1.82, 2.24) is 4.98 Å². The van der Waals surface area contributed by atoms with E-state index in [-0.39, 0.29) is 6.42 Å². The molecule has 0 fully saturated rings. The van der Waals surface area contributed by atoms with Crippen LogP contribution in [0.3, 0.4) is 0 Å². The van der Waals surface area contributed by atoms with Gasteiger partial charge in [-0.15, -0.1) is 0 Å². The fraction of sp³-hybridized carbons (Fsp3) is 0.0769. The summed E-state index contributed by atoms with van der Waals surface area (Å²) in [6, 6.07) is 10.7. The molecule has 3 nitrogen and oxygen atoms in total. The number of rotatable bonds is 2. The molecule has 2 N–H and O–H groups in total. The van der Waals surface area contributed by atoms with Crippen molar-refractivity contribution < 1.29 is 0 Å². The van der Waals surface area contributed by atoms with Crippen LogP contribution in [0, 0.1) is 11.3 Å². The van der Waals surface area contributed by atoms with E-state index in [9.17, 15) is 0 Å². The van der Waals surface area contributed by atoms with Crippen LogP contribution in [0.15, 0.2) is 30.3 Å². The van der Waals surface area contributed by atoms with Crippen LogP contribution in [0.25, 0.3) is 11.3 Å². The van der Waals surface area contributed by atoms with Crippen molar-refractivity contribution in [1.29, 1.82) is 5.26 Å². The van der Waals surface area contributed by atoms with Crippen molar-refractivity contribution in [3.63, 3.8) is 0 Å². The molecule has 2 aromatic rings. The summed E-state index contributed by atoms with van der Waals surface area (Å²) in [5.74, 6) is 0. The Morgan fingerprint density at radius 1 is 1.17 bits per heavy atom. The zero-order valence-corrected chi connectivity index (χ0v) is 10.8. The Labute approximate surface area is 115 Å². The Morgan fingerprint density at radius 3 is 2.44 bits per heavy atom. The zero-order valence-electron chi connectivity index (χ0n) is 9.32. The highest BCUT2D eigenvalue weighted by molar-refractivity contribution is 6.39. The molecule has 0 bridgehead atoms. The SMILES string of the molecule is N#CCc1ccc(N)c(-c2c(Cl)cccc2Cl)n1. The van der Waals surface area contributed by atoms with Crippen LogP contribution < -0.4 is 5.73 Å². The van der Waals surface area contributed by atoms with Crippen LogP contribution in [0.1, 0.15) is 5.69 Å². The molecule has 1 aromatic heterocycles. The van der Waals surface area contributed by atoms with Crippen LogP contribution in [-0.4, -0.2) is 4.98 Å². The van der Waals surface area contributed by atoms with Gasteiger partial charge in [0.2, 0.25) is 0 Å². The highest BCUT2D eigenvalue weighted by atomic mass is 35.5. The van der Waals surface area contributed by atoms with Gasteiger partial charge in [0.05, 0.1) is 39.6 Å². The van der Waals surface area contributed by atoms with Gasteiger partial charge in [0.1, 0.15) is 0 Å². The van der Waals surface area contributed by atoms with E-state index >= 15 is 0 Å². The number of nitriles is 1. The molecule has 0 atom stereocenters. The maximum absolute atomic E-state index is 8.69. The smallest absolute Gasteiger partial charge is 0.0964 e. The number of nitrogen functional groups attached to an aromatic ring is 1. The lowest BCUT2D eigenvalue weighted by molar-refractivity contribution is 1.12. The summed E-state index contributed by atoms with van der Waals surface area (Å²) in [5, 5.41) is 9.65. The fourth-order valence-electron chi connectivity index (χ4n) is 1.61. The molecule has 0 aliphatic heterocycles. The summed E-state index contributed by atoms with van der Waals surface area (Å²) < 4.78 is 0. The van der Waals surface area contributed by atoms with E-state index in [1.807, 2.05) is 6.07 Å². The second-order valence-electron chi connectivity index (χ2n) is 3.67. The third-order valence-corrected chi connectivity index (χ3v) is 3.07. The summed E-state index contributed by atoms with van der Waals surface area (Å²) in [5.41, 5.74) is 8.12. The predicted molar refractivity (Wildman–Crippen MR) is 73.4 cm³/mol. The van der Waals surface area contributed by atoms with Gasteiger partial charge in [0, 0.05) is 5.56 Å². The Hall–Kier alpha value is -1.76. The molecule has 0 amide bonds. The van der Waals surface area contributed by atoms with Gasteiger partial charge in [-0.25, -0.2) is 4.98 Å². The average molecular weight is 278 g/mol.